The van der Waals surface area contributed by atoms with Gasteiger partial charge in [-0.15, -0.1) is 5.10 Å². The molecule has 1 aromatic rings. The first-order valence-corrected chi connectivity index (χ1v) is 5.04. The molecule has 0 bridgehead atoms. The van der Waals surface area contributed by atoms with Crippen LogP contribution in [0.5, 0.6) is 0 Å². The average Bonchev–Trinajstić information content (AvgIpc) is 2.24. The summed E-state index contributed by atoms with van der Waals surface area (Å²) in [6.07, 6.45) is 0.414. The first-order valence-electron chi connectivity index (χ1n) is 5.04. The van der Waals surface area contributed by atoms with Gasteiger partial charge >= 0.3 is 0 Å². The summed E-state index contributed by atoms with van der Waals surface area (Å²) < 4.78 is 39.4. The van der Waals surface area contributed by atoms with E-state index in [9.17, 15) is 13.2 Å². The average molecular weight is 241 g/mol. The Morgan fingerprint density at radius 1 is 1.12 bits per heavy atom. The highest BCUT2D eigenvalue weighted by atomic mass is 19.2. The van der Waals surface area contributed by atoms with Gasteiger partial charge in [-0.05, 0) is 6.07 Å². The van der Waals surface area contributed by atoms with E-state index in [0.29, 0.717) is 18.3 Å². The molecule has 1 heterocycles. The number of amidine groups is 1. The van der Waals surface area contributed by atoms with E-state index in [1.165, 1.54) is 0 Å². The Kier molecular flexibility index (Phi) is 2.87. The van der Waals surface area contributed by atoms with Gasteiger partial charge in [-0.1, -0.05) is 6.92 Å². The molecule has 0 radical (unpaired) electrons. The van der Waals surface area contributed by atoms with Crippen molar-refractivity contribution in [3.63, 3.8) is 0 Å². The highest BCUT2D eigenvalue weighted by molar-refractivity contribution is 6.05. The van der Waals surface area contributed by atoms with Crippen LogP contribution in [0.25, 0.3) is 0 Å². The van der Waals surface area contributed by atoms with E-state index in [0.717, 1.165) is 6.07 Å². The molecule has 2 N–H and O–H groups in total. The van der Waals surface area contributed by atoms with Gasteiger partial charge in [-0.2, -0.15) is 5.10 Å². The number of hydrogen-bond donors (Lipinski definition) is 1. The minimum atomic E-state index is -1.22. The van der Waals surface area contributed by atoms with E-state index in [1.54, 1.807) is 6.92 Å². The first-order chi connectivity index (χ1) is 7.99. The molecule has 6 heteroatoms. The molecule has 0 aliphatic carbocycles. The third kappa shape index (κ3) is 2.15. The highest BCUT2D eigenvalue weighted by Crippen LogP contribution is 2.21. The lowest BCUT2D eigenvalue weighted by Gasteiger charge is -2.17. The van der Waals surface area contributed by atoms with Gasteiger partial charge < -0.3 is 5.73 Å². The smallest absolute Gasteiger partial charge is 0.161 e. The Labute approximate surface area is 95.8 Å². The summed E-state index contributed by atoms with van der Waals surface area (Å²) in [5.41, 5.74) is 5.67. The largest absolute Gasteiger partial charge is 0.386 e. The Hall–Kier alpha value is -1.85. The van der Waals surface area contributed by atoms with Crippen molar-refractivity contribution in [3.8, 4) is 0 Å². The van der Waals surface area contributed by atoms with E-state index in [4.69, 9.17) is 5.73 Å². The molecule has 0 fully saturated rings. The van der Waals surface area contributed by atoms with E-state index >= 15 is 0 Å². The van der Waals surface area contributed by atoms with E-state index in [1.807, 2.05) is 0 Å². The molecular weight excluding hydrogens is 231 g/mol. The Balaban J connectivity index is 2.51. The van der Waals surface area contributed by atoms with Gasteiger partial charge in [0.25, 0.3) is 0 Å². The van der Waals surface area contributed by atoms with Crippen molar-refractivity contribution in [2.75, 3.05) is 0 Å². The van der Waals surface area contributed by atoms with Crippen LogP contribution in [0.1, 0.15) is 18.9 Å². The fourth-order valence-corrected chi connectivity index (χ4v) is 1.71. The molecule has 90 valence electrons. The molecule has 2 rings (SSSR count). The monoisotopic (exact) mass is 241 g/mol. The van der Waals surface area contributed by atoms with Crippen molar-refractivity contribution in [2.45, 2.75) is 13.3 Å². The summed E-state index contributed by atoms with van der Waals surface area (Å²) >= 11 is 0. The Morgan fingerprint density at radius 3 is 2.41 bits per heavy atom. The molecule has 0 spiro atoms. The van der Waals surface area contributed by atoms with Crippen LogP contribution in [0.4, 0.5) is 13.2 Å². The van der Waals surface area contributed by atoms with Crippen LogP contribution in [-0.4, -0.2) is 11.5 Å². The number of rotatable bonds is 1. The van der Waals surface area contributed by atoms with Crippen LogP contribution < -0.4 is 5.73 Å². The summed E-state index contributed by atoms with van der Waals surface area (Å²) in [5.74, 6) is -3.04. The molecule has 1 atom stereocenters. The van der Waals surface area contributed by atoms with Gasteiger partial charge in [0.1, 0.15) is 11.7 Å². The zero-order chi connectivity index (χ0) is 12.6. The van der Waals surface area contributed by atoms with Gasteiger partial charge in [0.15, 0.2) is 11.6 Å². The molecule has 1 aliphatic rings. The molecule has 0 saturated carbocycles. The summed E-state index contributed by atoms with van der Waals surface area (Å²) in [6, 6.07) is 1.29. The molecule has 1 aliphatic heterocycles. The highest BCUT2D eigenvalue weighted by Gasteiger charge is 2.22. The zero-order valence-corrected chi connectivity index (χ0v) is 9.04. The minimum absolute atomic E-state index is 0.0762. The third-order valence-electron chi connectivity index (χ3n) is 2.55. The van der Waals surface area contributed by atoms with Crippen molar-refractivity contribution in [2.24, 2.45) is 21.9 Å². The van der Waals surface area contributed by atoms with Crippen LogP contribution in [0.15, 0.2) is 22.3 Å². The summed E-state index contributed by atoms with van der Waals surface area (Å²) in [7, 11) is 0. The van der Waals surface area contributed by atoms with Gasteiger partial charge in [0, 0.05) is 24.0 Å². The van der Waals surface area contributed by atoms with Crippen LogP contribution >= 0.6 is 0 Å². The van der Waals surface area contributed by atoms with Crippen molar-refractivity contribution in [3.05, 3.63) is 35.1 Å². The lowest BCUT2D eigenvalue weighted by Crippen LogP contribution is -2.26. The lowest BCUT2D eigenvalue weighted by atomic mass is 9.94. The number of halogens is 3. The van der Waals surface area contributed by atoms with E-state index in [-0.39, 0.29) is 17.2 Å². The van der Waals surface area contributed by atoms with E-state index < -0.39 is 17.5 Å². The molecule has 0 amide bonds. The summed E-state index contributed by atoms with van der Waals surface area (Å²) in [4.78, 5) is 0. The third-order valence-corrected chi connectivity index (χ3v) is 2.55. The second kappa shape index (κ2) is 4.20. The lowest BCUT2D eigenvalue weighted by molar-refractivity contribution is 0.493. The second-order valence-corrected chi connectivity index (χ2v) is 3.93. The Bertz CT molecular complexity index is 523. The molecule has 1 unspecified atom stereocenters. The van der Waals surface area contributed by atoms with Crippen LogP contribution in [0.3, 0.4) is 0 Å². The van der Waals surface area contributed by atoms with Crippen molar-refractivity contribution in [1.82, 2.24) is 0 Å². The quantitative estimate of drug-likeness (QED) is 0.753. The predicted molar refractivity (Wildman–Crippen MR) is 58.3 cm³/mol. The maximum absolute atomic E-state index is 13.5. The van der Waals surface area contributed by atoms with Crippen molar-refractivity contribution < 1.29 is 13.2 Å². The number of benzene rings is 1. The van der Waals surface area contributed by atoms with Crippen molar-refractivity contribution in [1.29, 1.82) is 0 Å². The van der Waals surface area contributed by atoms with E-state index in [2.05, 4.69) is 10.2 Å². The fourth-order valence-electron chi connectivity index (χ4n) is 1.71. The van der Waals surface area contributed by atoms with Crippen LogP contribution in [0, 0.1) is 23.4 Å². The standard InChI is InChI=1S/C11H10F3N3/c1-5-2-10(15)16-17-11(5)6-3-8(13)9(14)4-7(6)12/h3-5H,2H2,1H3,(H2,15,16). The summed E-state index contributed by atoms with van der Waals surface area (Å²) in [6.45, 7) is 1.76. The normalized spacial score (nSPS) is 19.9. The second-order valence-electron chi connectivity index (χ2n) is 3.93. The Morgan fingerprint density at radius 2 is 1.76 bits per heavy atom. The minimum Gasteiger partial charge on any atom is -0.386 e. The maximum Gasteiger partial charge on any atom is 0.161 e. The van der Waals surface area contributed by atoms with Crippen LogP contribution in [0.2, 0.25) is 0 Å². The van der Waals surface area contributed by atoms with Crippen molar-refractivity contribution >= 4 is 11.5 Å². The zero-order valence-electron chi connectivity index (χ0n) is 9.04. The molecule has 17 heavy (non-hydrogen) atoms. The molecule has 0 aromatic heterocycles. The predicted octanol–water partition coefficient (Wildman–Crippen LogP) is 2.21. The molecular formula is C11H10F3N3. The maximum atomic E-state index is 13.5. The van der Waals surface area contributed by atoms with Gasteiger partial charge in [0.2, 0.25) is 0 Å². The van der Waals surface area contributed by atoms with Gasteiger partial charge in [-0.3, -0.25) is 0 Å². The number of hydrogen-bond acceptors (Lipinski definition) is 3. The van der Waals surface area contributed by atoms with Gasteiger partial charge in [0.05, 0.1) is 5.71 Å². The van der Waals surface area contributed by atoms with Crippen LogP contribution in [-0.2, 0) is 0 Å². The molecule has 1 aromatic carbocycles. The number of nitrogens with two attached hydrogens (primary N) is 1. The summed E-state index contributed by atoms with van der Waals surface area (Å²) in [5, 5.41) is 7.37. The number of nitrogens with zero attached hydrogens (tertiary/aromatic N) is 2. The topological polar surface area (TPSA) is 50.7 Å². The SMILES string of the molecule is CC1CC(N)=NN=C1c1cc(F)c(F)cc1F. The van der Waals surface area contributed by atoms with Gasteiger partial charge in [-0.25, -0.2) is 13.2 Å². The molecule has 0 saturated heterocycles. The first kappa shape index (κ1) is 11.6. The molecule has 3 nitrogen and oxygen atoms in total. The fraction of sp³-hybridized carbons (Fsp3) is 0.273.